The molecule has 0 saturated carbocycles. The molecule has 0 spiro atoms. The molecule has 60 valence electrons. The Hall–Kier alpha value is -1.17. The predicted molar refractivity (Wildman–Crippen MR) is 52.1 cm³/mol. The SMILES string of the molecule is C1=Cc2cc[c-]3c2C(C1)CC=C3. The Morgan fingerprint density at radius 1 is 1.25 bits per heavy atom. The van der Waals surface area contributed by atoms with Crippen molar-refractivity contribution in [2.45, 2.75) is 18.8 Å². The topological polar surface area (TPSA) is 0 Å². The van der Waals surface area contributed by atoms with Crippen molar-refractivity contribution in [2.24, 2.45) is 0 Å². The van der Waals surface area contributed by atoms with E-state index in [2.05, 4.69) is 36.4 Å². The lowest BCUT2D eigenvalue weighted by Crippen LogP contribution is -2.04. The lowest BCUT2D eigenvalue weighted by atomic mass is 9.83. The number of hydrogen-bond donors (Lipinski definition) is 0. The summed E-state index contributed by atoms with van der Waals surface area (Å²) in [6.45, 7) is 0. The molecule has 2 aliphatic carbocycles. The zero-order chi connectivity index (χ0) is 7.97. The summed E-state index contributed by atoms with van der Waals surface area (Å²) in [7, 11) is 0. The van der Waals surface area contributed by atoms with Crippen LogP contribution in [-0.4, -0.2) is 0 Å². The van der Waals surface area contributed by atoms with Crippen molar-refractivity contribution in [1.29, 1.82) is 0 Å². The lowest BCUT2D eigenvalue weighted by molar-refractivity contribution is 0.701. The van der Waals surface area contributed by atoms with Gasteiger partial charge in [-0.05, 0) is 12.3 Å². The molecule has 3 rings (SSSR count). The maximum Gasteiger partial charge on any atom is -0.0306 e. The van der Waals surface area contributed by atoms with E-state index >= 15 is 0 Å². The molecule has 0 bridgehead atoms. The Bertz CT molecular complexity index is 330. The summed E-state index contributed by atoms with van der Waals surface area (Å²) in [5.74, 6) is 0.778. The van der Waals surface area contributed by atoms with Crippen LogP contribution in [0.25, 0.3) is 12.2 Å². The second-order valence-corrected chi connectivity index (χ2v) is 3.63. The van der Waals surface area contributed by atoms with Gasteiger partial charge in [0.05, 0.1) is 0 Å². The van der Waals surface area contributed by atoms with Crippen molar-refractivity contribution in [1.82, 2.24) is 0 Å². The number of allylic oxidation sites excluding steroid dienone is 2. The van der Waals surface area contributed by atoms with Gasteiger partial charge < -0.3 is 0 Å². The van der Waals surface area contributed by atoms with Gasteiger partial charge >= 0.3 is 0 Å². The van der Waals surface area contributed by atoms with E-state index in [0.717, 1.165) is 5.92 Å². The highest BCUT2D eigenvalue weighted by atomic mass is 14.3. The minimum absolute atomic E-state index is 0.778. The summed E-state index contributed by atoms with van der Waals surface area (Å²) in [4.78, 5) is 0. The Balaban J connectivity index is 2.29. The molecule has 2 aliphatic rings. The molecular weight excluding hydrogens is 144 g/mol. The van der Waals surface area contributed by atoms with Crippen molar-refractivity contribution in [3.8, 4) is 0 Å². The van der Waals surface area contributed by atoms with Gasteiger partial charge in [-0.3, -0.25) is 0 Å². The van der Waals surface area contributed by atoms with Gasteiger partial charge in [-0.2, -0.15) is 12.1 Å². The average molecular weight is 155 g/mol. The molecule has 0 unspecified atom stereocenters. The first-order valence-electron chi connectivity index (χ1n) is 4.58. The molecule has 0 radical (unpaired) electrons. The molecule has 12 heavy (non-hydrogen) atoms. The van der Waals surface area contributed by atoms with Crippen LogP contribution >= 0.6 is 0 Å². The maximum absolute atomic E-state index is 2.30. The van der Waals surface area contributed by atoms with Gasteiger partial charge in [0.25, 0.3) is 0 Å². The Morgan fingerprint density at radius 2 is 2.17 bits per heavy atom. The second-order valence-electron chi connectivity index (χ2n) is 3.63. The van der Waals surface area contributed by atoms with Crippen LogP contribution in [0, 0.1) is 0 Å². The zero-order valence-corrected chi connectivity index (χ0v) is 6.96. The van der Waals surface area contributed by atoms with Crippen molar-refractivity contribution in [3.05, 3.63) is 41.0 Å². The van der Waals surface area contributed by atoms with Crippen molar-refractivity contribution >= 4 is 12.2 Å². The van der Waals surface area contributed by atoms with Crippen LogP contribution in [0.4, 0.5) is 0 Å². The van der Waals surface area contributed by atoms with Gasteiger partial charge in [-0.1, -0.05) is 12.5 Å². The van der Waals surface area contributed by atoms with Gasteiger partial charge in [-0.15, -0.1) is 34.9 Å². The Kier molecular flexibility index (Phi) is 1.15. The van der Waals surface area contributed by atoms with Crippen LogP contribution in [0.5, 0.6) is 0 Å². The third-order valence-electron chi connectivity index (χ3n) is 2.91. The van der Waals surface area contributed by atoms with Crippen LogP contribution in [0.2, 0.25) is 0 Å². The van der Waals surface area contributed by atoms with Crippen molar-refractivity contribution < 1.29 is 0 Å². The molecule has 0 aliphatic heterocycles. The summed E-state index contributed by atoms with van der Waals surface area (Å²) in [5.41, 5.74) is 4.50. The molecule has 0 heterocycles. The van der Waals surface area contributed by atoms with E-state index in [4.69, 9.17) is 0 Å². The summed E-state index contributed by atoms with van der Waals surface area (Å²) < 4.78 is 0. The van der Waals surface area contributed by atoms with Gasteiger partial charge in [0.15, 0.2) is 0 Å². The summed E-state index contributed by atoms with van der Waals surface area (Å²) in [5, 5.41) is 0. The van der Waals surface area contributed by atoms with Gasteiger partial charge in [-0.25, -0.2) is 0 Å². The largest absolute Gasteiger partial charge is 0.167 e. The van der Waals surface area contributed by atoms with E-state index in [0.29, 0.717) is 0 Å². The summed E-state index contributed by atoms with van der Waals surface area (Å²) >= 11 is 0. The fourth-order valence-electron chi connectivity index (χ4n) is 2.34. The average Bonchev–Trinajstić information content (AvgIpc) is 2.52. The molecule has 0 N–H and O–H groups in total. The predicted octanol–water partition coefficient (Wildman–Crippen LogP) is 3.32. The molecule has 0 atom stereocenters. The van der Waals surface area contributed by atoms with Crippen LogP contribution in [0.15, 0.2) is 24.3 Å². The third-order valence-corrected chi connectivity index (χ3v) is 2.91. The van der Waals surface area contributed by atoms with Crippen LogP contribution in [0.1, 0.15) is 35.4 Å². The minimum atomic E-state index is 0.778. The van der Waals surface area contributed by atoms with E-state index in [-0.39, 0.29) is 0 Å². The summed E-state index contributed by atoms with van der Waals surface area (Å²) in [6.07, 6.45) is 11.6. The Morgan fingerprint density at radius 3 is 3.17 bits per heavy atom. The van der Waals surface area contributed by atoms with E-state index in [1.165, 1.54) is 24.0 Å². The molecule has 0 aromatic heterocycles. The fourth-order valence-corrected chi connectivity index (χ4v) is 2.34. The van der Waals surface area contributed by atoms with Crippen molar-refractivity contribution in [2.75, 3.05) is 0 Å². The van der Waals surface area contributed by atoms with Gasteiger partial charge in [0.2, 0.25) is 0 Å². The van der Waals surface area contributed by atoms with Gasteiger partial charge in [0.1, 0.15) is 0 Å². The highest BCUT2D eigenvalue weighted by Gasteiger charge is 2.15. The quantitative estimate of drug-likeness (QED) is 0.504. The zero-order valence-electron chi connectivity index (χ0n) is 6.96. The molecule has 1 aromatic carbocycles. The van der Waals surface area contributed by atoms with E-state index in [1.54, 1.807) is 5.56 Å². The molecule has 0 amide bonds. The number of rotatable bonds is 0. The fraction of sp³-hybridized carbons (Fsp3) is 0.250. The molecule has 0 nitrogen and oxygen atoms in total. The molecule has 0 fully saturated rings. The highest BCUT2D eigenvalue weighted by molar-refractivity contribution is 5.70. The van der Waals surface area contributed by atoms with Crippen molar-refractivity contribution in [3.63, 3.8) is 0 Å². The monoisotopic (exact) mass is 155 g/mol. The van der Waals surface area contributed by atoms with E-state index in [9.17, 15) is 0 Å². The smallest absolute Gasteiger partial charge is 0.0306 e. The molecular formula is C12H11-. The normalized spacial score (nSPS) is 24.2. The lowest BCUT2D eigenvalue weighted by Gasteiger charge is -2.27. The first-order chi connectivity index (χ1) is 5.95. The second kappa shape index (κ2) is 2.16. The first-order valence-corrected chi connectivity index (χ1v) is 4.58. The van der Waals surface area contributed by atoms with Gasteiger partial charge in [0, 0.05) is 0 Å². The van der Waals surface area contributed by atoms with E-state index in [1.807, 2.05) is 0 Å². The first kappa shape index (κ1) is 6.36. The Labute approximate surface area is 72.6 Å². The minimum Gasteiger partial charge on any atom is -0.167 e. The number of hydrogen-bond acceptors (Lipinski definition) is 0. The third kappa shape index (κ3) is 0.699. The standard InChI is InChI=1S/C12H11/c1-3-9-4-2-6-11-8-7-10(5-1)12(9)11/h1-2,5-9H,3-4H2/q-1. The molecule has 0 heteroatoms. The molecule has 0 saturated heterocycles. The van der Waals surface area contributed by atoms with Crippen LogP contribution < -0.4 is 0 Å². The van der Waals surface area contributed by atoms with Crippen LogP contribution in [0.3, 0.4) is 0 Å². The van der Waals surface area contributed by atoms with Crippen LogP contribution in [-0.2, 0) is 0 Å². The maximum atomic E-state index is 2.30. The summed E-state index contributed by atoms with van der Waals surface area (Å²) in [6, 6.07) is 4.48. The molecule has 1 aromatic rings. The van der Waals surface area contributed by atoms with E-state index < -0.39 is 0 Å². The highest BCUT2D eigenvalue weighted by Crippen LogP contribution is 2.39.